The quantitative estimate of drug-likeness (QED) is 0.240. The van der Waals surface area contributed by atoms with Crippen LogP contribution >= 0.6 is 0 Å². The van der Waals surface area contributed by atoms with E-state index in [1.54, 1.807) is 0 Å². The molecule has 0 aliphatic heterocycles. The van der Waals surface area contributed by atoms with Gasteiger partial charge in [-0.1, -0.05) is 0 Å². The Morgan fingerprint density at radius 2 is 2.00 bits per heavy atom. The molecule has 0 spiro atoms. The van der Waals surface area contributed by atoms with Crippen LogP contribution in [-0.2, 0) is 0 Å². The lowest BCUT2D eigenvalue weighted by Crippen LogP contribution is -2.53. The van der Waals surface area contributed by atoms with Crippen molar-refractivity contribution in [1.29, 1.82) is 0 Å². The van der Waals surface area contributed by atoms with Gasteiger partial charge in [0.1, 0.15) is 6.29 Å². The Hall–Kier alpha value is -0.160. The molecule has 1 atom stereocenters. The fourth-order valence-electron chi connectivity index (χ4n) is 0.491. The van der Waals surface area contributed by atoms with Crippen molar-refractivity contribution in [2.45, 2.75) is 6.29 Å². The molecule has 4 heteroatoms. The second-order valence-corrected chi connectivity index (χ2v) is 1.82. The molecule has 1 unspecified atom stereocenters. The summed E-state index contributed by atoms with van der Waals surface area (Å²) in [4.78, 5) is 1.93. The van der Waals surface area contributed by atoms with E-state index in [1.165, 1.54) is 0 Å². The molecule has 0 aromatic heterocycles. The first-order valence-corrected chi connectivity index (χ1v) is 2.52. The van der Waals surface area contributed by atoms with E-state index in [-0.39, 0.29) is 6.29 Å². The topological polar surface area (TPSA) is 53.3 Å². The van der Waals surface area contributed by atoms with Crippen LogP contribution in [-0.4, -0.2) is 32.3 Å². The third-order valence-corrected chi connectivity index (χ3v) is 0.948. The number of nitrogens with one attached hydrogen (secondary N) is 2. The van der Waals surface area contributed by atoms with E-state index in [9.17, 15) is 0 Å². The zero-order valence-electron chi connectivity index (χ0n) is 5.60. The van der Waals surface area contributed by atoms with E-state index in [4.69, 9.17) is 5.84 Å². The lowest BCUT2D eigenvalue weighted by atomic mass is 10.7. The molecule has 0 saturated carbocycles. The number of nitrogens with two attached hydrogens (primary N) is 1. The van der Waals surface area contributed by atoms with Crippen LogP contribution in [0.3, 0.4) is 0 Å². The molecule has 0 bridgehead atoms. The largest absolute Gasteiger partial charge is 0.292 e. The van der Waals surface area contributed by atoms with Crippen molar-refractivity contribution >= 4 is 0 Å². The van der Waals surface area contributed by atoms with Crippen molar-refractivity contribution in [1.82, 2.24) is 15.6 Å². The monoisotopic (exact) mass is 118 g/mol. The summed E-state index contributed by atoms with van der Waals surface area (Å²) in [6.45, 7) is 0. The highest BCUT2D eigenvalue weighted by Crippen LogP contribution is 1.75. The second kappa shape index (κ2) is 3.80. The summed E-state index contributed by atoms with van der Waals surface area (Å²) in [7, 11) is 5.70. The summed E-state index contributed by atoms with van der Waals surface area (Å²) in [6, 6.07) is 0. The Bertz CT molecular complexity index is 50.0. The molecule has 0 aliphatic carbocycles. The number of hydrazine groups is 1. The SMILES string of the molecule is CNC(NN)N(C)C. The van der Waals surface area contributed by atoms with Gasteiger partial charge >= 0.3 is 0 Å². The first-order valence-electron chi connectivity index (χ1n) is 2.52. The first-order chi connectivity index (χ1) is 3.72. The van der Waals surface area contributed by atoms with Gasteiger partial charge in [-0.15, -0.1) is 0 Å². The third kappa shape index (κ3) is 2.23. The lowest BCUT2D eigenvalue weighted by molar-refractivity contribution is 0.216. The molecule has 0 rings (SSSR count). The normalized spacial score (nSPS) is 14.6. The fourth-order valence-corrected chi connectivity index (χ4v) is 0.491. The molecule has 4 N–H and O–H groups in total. The summed E-state index contributed by atoms with van der Waals surface area (Å²) in [5, 5.41) is 2.94. The van der Waals surface area contributed by atoms with Crippen LogP contribution in [0.1, 0.15) is 0 Å². The number of hydrogen-bond acceptors (Lipinski definition) is 4. The lowest BCUT2D eigenvalue weighted by Gasteiger charge is -2.21. The minimum Gasteiger partial charge on any atom is -0.292 e. The minimum absolute atomic E-state index is 0.0648. The maximum atomic E-state index is 5.13. The van der Waals surface area contributed by atoms with Gasteiger partial charge in [0.25, 0.3) is 0 Å². The molecule has 0 radical (unpaired) electrons. The Labute approximate surface area is 50.0 Å². The Morgan fingerprint density at radius 1 is 1.50 bits per heavy atom. The fraction of sp³-hybridized carbons (Fsp3) is 1.00. The Balaban J connectivity index is 3.35. The van der Waals surface area contributed by atoms with Gasteiger partial charge in [-0.05, 0) is 21.1 Å². The third-order valence-electron chi connectivity index (χ3n) is 0.948. The van der Waals surface area contributed by atoms with Crippen LogP contribution in [0.4, 0.5) is 0 Å². The molecule has 50 valence electrons. The number of nitrogens with zero attached hydrogens (tertiary/aromatic N) is 1. The number of hydrogen-bond donors (Lipinski definition) is 3. The molecule has 0 aromatic carbocycles. The molecule has 0 saturated heterocycles. The summed E-state index contributed by atoms with van der Waals surface area (Å²) in [6.07, 6.45) is 0.0648. The van der Waals surface area contributed by atoms with Crippen LogP contribution in [0.15, 0.2) is 0 Å². The molecule has 0 heterocycles. The zero-order valence-corrected chi connectivity index (χ0v) is 5.60. The Kier molecular flexibility index (Phi) is 3.72. The first kappa shape index (κ1) is 7.84. The van der Waals surface area contributed by atoms with Gasteiger partial charge in [0, 0.05) is 0 Å². The maximum Gasteiger partial charge on any atom is 0.126 e. The molecular weight excluding hydrogens is 104 g/mol. The van der Waals surface area contributed by atoms with Crippen LogP contribution in [0.5, 0.6) is 0 Å². The van der Waals surface area contributed by atoms with Crippen LogP contribution in [0, 0.1) is 0 Å². The van der Waals surface area contributed by atoms with Crippen molar-refractivity contribution in [2.24, 2.45) is 5.84 Å². The van der Waals surface area contributed by atoms with Gasteiger partial charge in [0.2, 0.25) is 0 Å². The van der Waals surface area contributed by atoms with E-state index in [0.717, 1.165) is 0 Å². The van der Waals surface area contributed by atoms with Crippen molar-refractivity contribution in [2.75, 3.05) is 21.1 Å². The van der Waals surface area contributed by atoms with E-state index in [2.05, 4.69) is 10.7 Å². The predicted octanol–water partition coefficient (Wildman–Crippen LogP) is -1.49. The average Bonchev–Trinajstić information content (AvgIpc) is 1.69. The molecule has 0 fully saturated rings. The van der Waals surface area contributed by atoms with E-state index in [0.29, 0.717) is 0 Å². The van der Waals surface area contributed by atoms with Gasteiger partial charge in [-0.25, -0.2) is 5.43 Å². The van der Waals surface area contributed by atoms with Crippen molar-refractivity contribution in [3.8, 4) is 0 Å². The highest BCUT2D eigenvalue weighted by Gasteiger charge is 2.01. The van der Waals surface area contributed by atoms with Gasteiger partial charge in [-0.3, -0.25) is 16.1 Å². The summed E-state index contributed by atoms with van der Waals surface area (Å²) in [5.74, 6) is 5.13. The maximum absolute atomic E-state index is 5.13. The van der Waals surface area contributed by atoms with Crippen LogP contribution < -0.4 is 16.6 Å². The van der Waals surface area contributed by atoms with E-state index < -0.39 is 0 Å². The standard InChI is InChI=1S/C4H14N4/c1-6-4(7-5)8(2)3/h4,6-7H,5H2,1-3H3. The van der Waals surface area contributed by atoms with Gasteiger partial charge in [-0.2, -0.15) is 0 Å². The van der Waals surface area contributed by atoms with Gasteiger partial charge in [0.05, 0.1) is 0 Å². The highest BCUT2D eigenvalue weighted by atomic mass is 15.4. The Morgan fingerprint density at radius 3 is 2.00 bits per heavy atom. The van der Waals surface area contributed by atoms with Crippen LogP contribution in [0.2, 0.25) is 0 Å². The summed E-state index contributed by atoms with van der Waals surface area (Å²) in [5.41, 5.74) is 2.57. The van der Waals surface area contributed by atoms with E-state index >= 15 is 0 Å². The molecule has 0 amide bonds. The van der Waals surface area contributed by atoms with Crippen LogP contribution in [0.25, 0.3) is 0 Å². The highest BCUT2D eigenvalue weighted by molar-refractivity contribution is 4.50. The van der Waals surface area contributed by atoms with Crippen molar-refractivity contribution < 1.29 is 0 Å². The molecular formula is C4H14N4. The smallest absolute Gasteiger partial charge is 0.126 e. The predicted molar refractivity (Wildman–Crippen MR) is 33.9 cm³/mol. The average molecular weight is 118 g/mol. The zero-order chi connectivity index (χ0) is 6.57. The molecule has 0 aromatic rings. The number of rotatable bonds is 3. The van der Waals surface area contributed by atoms with Gasteiger partial charge in [0.15, 0.2) is 0 Å². The molecule has 0 aliphatic rings. The minimum atomic E-state index is 0.0648. The van der Waals surface area contributed by atoms with Gasteiger partial charge < -0.3 is 0 Å². The summed E-state index contributed by atoms with van der Waals surface area (Å²) >= 11 is 0. The molecule has 8 heavy (non-hydrogen) atoms. The second-order valence-electron chi connectivity index (χ2n) is 1.82. The van der Waals surface area contributed by atoms with Crippen molar-refractivity contribution in [3.05, 3.63) is 0 Å². The summed E-state index contributed by atoms with van der Waals surface area (Å²) < 4.78 is 0. The molecule has 4 nitrogen and oxygen atoms in total. The van der Waals surface area contributed by atoms with E-state index in [1.807, 2.05) is 26.0 Å². The van der Waals surface area contributed by atoms with Crippen molar-refractivity contribution in [3.63, 3.8) is 0 Å².